The first-order chi connectivity index (χ1) is 10.5. The van der Waals surface area contributed by atoms with E-state index in [1.54, 1.807) is 36.2 Å². The molecule has 116 valence electrons. The fourth-order valence-corrected chi connectivity index (χ4v) is 2.20. The van der Waals surface area contributed by atoms with Gasteiger partial charge in [0, 0.05) is 17.1 Å². The van der Waals surface area contributed by atoms with Gasteiger partial charge in [0.2, 0.25) is 5.91 Å². The van der Waals surface area contributed by atoms with Gasteiger partial charge < -0.3 is 9.64 Å². The summed E-state index contributed by atoms with van der Waals surface area (Å²) < 4.78 is 5.58. The van der Waals surface area contributed by atoms with Gasteiger partial charge in [0.25, 0.3) is 0 Å². The maximum absolute atomic E-state index is 12.1. The van der Waals surface area contributed by atoms with Crippen LogP contribution in [-0.4, -0.2) is 31.0 Å². The molecule has 22 heavy (non-hydrogen) atoms. The van der Waals surface area contributed by atoms with Crippen molar-refractivity contribution in [2.75, 3.05) is 20.2 Å². The second-order valence-corrected chi connectivity index (χ2v) is 5.80. The summed E-state index contributed by atoms with van der Waals surface area (Å²) in [6, 6.07) is 14.5. The molecule has 0 spiro atoms. The number of ether oxygens (including phenoxy) is 1. The molecule has 0 heterocycles. The fourth-order valence-electron chi connectivity index (χ4n) is 1.89. The monoisotopic (exact) mass is 337 g/mol. The van der Waals surface area contributed by atoms with Crippen molar-refractivity contribution in [1.29, 1.82) is 0 Å². The summed E-state index contributed by atoms with van der Waals surface area (Å²) in [4.78, 5) is 13.8. The summed E-state index contributed by atoms with van der Waals surface area (Å²) >= 11 is 11.7. The van der Waals surface area contributed by atoms with E-state index in [9.17, 15) is 4.79 Å². The van der Waals surface area contributed by atoms with Crippen molar-refractivity contribution in [3.63, 3.8) is 0 Å². The highest BCUT2D eigenvalue weighted by Crippen LogP contribution is 2.17. The van der Waals surface area contributed by atoms with Gasteiger partial charge in [-0.05, 0) is 35.9 Å². The smallest absolute Gasteiger partial charge is 0.226 e. The molecule has 2 rings (SSSR count). The van der Waals surface area contributed by atoms with Gasteiger partial charge in [-0.1, -0.05) is 41.4 Å². The van der Waals surface area contributed by atoms with Crippen molar-refractivity contribution in [3.8, 4) is 5.75 Å². The van der Waals surface area contributed by atoms with Crippen LogP contribution in [0.25, 0.3) is 0 Å². The standard InChI is InChI=1S/C17H17Cl2NO2/c1-20(9-10-22-16-4-2-3-15(19)12-16)17(21)11-13-5-7-14(18)8-6-13/h2-8,12H,9-11H2,1H3. The van der Waals surface area contributed by atoms with E-state index in [0.717, 1.165) is 5.56 Å². The highest BCUT2D eigenvalue weighted by molar-refractivity contribution is 6.30. The highest BCUT2D eigenvalue weighted by atomic mass is 35.5. The number of rotatable bonds is 6. The van der Waals surface area contributed by atoms with Crippen LogP contribution >= 0.6 is 23.2 Å². The molecule has 0 fully saturated rings. The van der Waals surface area contributed by atoms with Crippen molar-refractivity contribution in [1.82, 2.24) is 4.90 Å². The zero-order valence-electron chi connectivity index (χ0n) is 12.3. The number of hydrogen-bond acceptors (Lipinski definition) is 2. The summed E-state index contributed by atoms with van der Waals surface area (Å²) in [7, 11) is 1.76. The van der Waals surface area contributed by atoms with Crippen LogP contribution in [0.1, 0.15) is 5.56 Å². The number of benzene rings is 2. The molecule has 2 aromatic carbocycles. The average Bonchev–Trinajstić information content (AvgIpc) is 2.49. The third kappa shape index (κ3) is 5.24. The number of amides is 1. The van der Waals surface area contributed by atoms with Gasteiger partial charge >= 0.3 is 0 Å². The summed E-state index contributed by atoms with van der Waals surface area (Å²) in [5, 5.41) is 1.30. The van der Waals surface area contributed by atoms with Crippen LogP contribution < -0.4 is 4.74 Å². The lowest BCUT2D eigenvalue weighted by Gasteiger charge is -2.17. The van der Waals surface area contributed by atoms with Crippen molar-refractivity contribution >= 4 is 29.1 Å². The summed E-state index contributed by atoms with van der Waals surface area (Å²) in [6.45, 7) is 0.933. The maximum Gasteiger partial charge on any atom is 0.226 e. The van der Waals surface area contributed by atoms with E-state index in [1.165, 1.54) is 0 Å². The van der Waals surface area contributed by atoms with Crippen molar-refractivity contribution in [2.45, 2.75) is 6.42 Å². The Hall–Kier alpha value is -1.71. The Labute approximate surface area is 140 Å². The van der Waals surface area contributed by atoms with Gasteiger partial charge in [-0.25, -0.2) is 0 Å². The van der Waals surface area contributed by atoms with E-state index in [1.807, 2.05) is 24.3 Å². The van der Waals surface area contributed by atoms with E-state index >= 15 is 0 Å². The van der Waals surface area contributed by atoms with E-state index in [2.05, 4.69) is 0 Å². The minimum Gasteiger partial charge on any atom is -0.492 e. The minimum absolute atomic E-state index is 0.0389. The van der Waals surface area contributed by atoms with Crippen molar-refractivity contribution in [3.05, 3.63) is 64.1 Å². The largest absolute Gasteiger partial charge is 0.492 e. The van der Waals surface area contributed by atoms with Gasteiger partial charge in [-0.2, -0.15) is 0 Å². The molecule has 1 amide bonds. The van der Waals surface area contributed by atoms with Gasteiger partial charge in [0.15, 0.2) is 0 Å². The first-order valence-corrected chi connectivity index (χ1v) is 7.67. The molecule has 0 aliphatic rings. The van der Waals surface area contributed by atoms with Crippen LogP contribution in [0, 0.1) is 0 Å². The van der Waals surface area contributed by atoms with Gasteiger partial charge in [-0.3, -0.25) is 4.79 Å². The van der Waals surface area contributed by atoms with Gasteiger partial charge in [0.1, 0.15) is 12.4 Å². The minimum atomic E-state index is 0.0389. The lowest BCUT2D eigenvalue weighted by atomic mass is 10.1. The third-order valence-electron chi connectivity index (χ3n) is 3.19. The zero-order chi connectivity index (χ0) is 15.9. The van der Waals surface area contributed by atoms with Crippen LogP contribution in [0.3, 0.4) is 0 Å². The van der Waals surface area contributed by atoms with E-state index in [0.29, 0.717) is 35.4 Å². The van der Waals surface area contributed by atoms with Crippen LogP contribution in [-0.2, 0) is 11.2 Å². The lowest BCUT2D eigenvalue weighted by Crippen LogP contribution is -2.32. The predicted molar refractivity (Wildman–Crippen MR) is 89.7 cm³/mol. The van der Waals surface area contributed by atoms with E-state index in [4.69, 9.17) is 27.9 Å². The number of carbonyl (C=O) groups is 1. The normalized spacial score (nSPS) is 10.3. The molecule has 0 unspecified atom stereocenters. The Morgan fingerprint density at radius 3 is 2.50 bits per heavy atom. The van der Waals surface area contributed by atoms with Gasteiger partial charge in [0.05, 0.1) is 13.0 Å². The molecular formula is C17H17Cl2NO2. The molecular weight excluding hydrogens is 321 g/mol. The molecule has 0 aliphatic carbocycles. The van der Waals surface area contributed by atoms with Crippen LogP contribution in [0.4, 0.5) is 0 Å². The number of likely N-dealkylation sites (N-methyl/N-ethyl adjacent to an activating group) is 1. The lowest BCUT2D eigenvalue weighted by molar-refractivity contribution is -0.129. The quantitative estimate of drug-likeness (QED) is 0.795. The Balaban J connectivity index is 1.77. The fraction of sp³-hybridized carbons (Fsp3) is 0.235. The van der Waals surface area contributed by atoms with Crippen molar-refractivity contribution < 1.29 is 9.53 Å². The maximum atomic E-state index is 12.1. The number of carbonyl (C=O) groups excluding carboxylic acids is 1. The highest BCUT2D eigenvalue weighted by Gasteiger charge is 2.09. The average molecular weight is 338 g/mol. The van der Waals surface area contributed by atoms with Gasteiger partial charge in [-0.15, -0.1) is 0 Å². The van der Waals surface area contributed by atoms with Crippen LogP contribution in [0.5, 0.6) is 5.75 Å². The molecule has 0 radical (unpaired) electrons. The molecule has 0 aliphatic heterocycles. The SMILES string of the molecule is CN(CCOc1cccc(Cl)c1)C(=O)Cc1ccc(Cl)cc1. The molecule has 0 saturated heterocycles. The summed E-state index contributed by atoms with van der Waals surface area (Å²) in [5.41, 5.74) is 0.942. The van der Waals surface area contributed by atoms with Crippen LogP contribution in [0.15, 0.2) is 48.5 Å². The Morgan fingerprint density at radius 2 is 1.82 bits per heavy atom. The zero-order valence-corrected chi connectivity index (χ0v) is 13.8. The summed E-state index contributed by atoms with van der Waals surface area (Å²) in [6.07, 6.45) is 0.352. The second kappa shape index (κ2) is 8.06. The molecule has 0 saturated carbocycles. The second-order valence-electron chi connectivity index (χ2n) is 4.92. The topological polar surface area (TPSA) is 29.5 Å². The molecule has 0 bridgehead atoms. The van der Waals surface area contributed by atoms with Crippen LogP contribution in [0.2, 0.25) is 10.0 Å². The molecule has 0 N–H and O–H groups in total. The van der Waals surface area contributed by atoms with E-state index < -0.39 is 0 Å². The van der Waals surface area contributed by atoms with Crippen molar-refractivity contribution in [2.24, 2.45) is 0 Å². The molecule has 0 aromatic heterocycles. The first kappa shape index (κ1) is 16.7. The third-order valence-corrected chi connectivity index (χ3v) is 3.67. The number of halogens is 2. The molecule has 3 nitrogen and oxygen atoms in total. The molecule has 0 atom stereocenters. The Morgan fingerprint density at radius 1 is 1.09 bits per heavy atom. The molecule has 2 aromatic rings. The predicted octanol–water partition coefficient (Wildman–Crippen LogP) is 4.07. The first-order valence-electron chi connectivity index (χ1n) is 6.91. The van der Waals surface area contributed by atoms with E-state index in [-0.39, 0.29) is 5.91 Å². The summed E-state index contributed by atoms with van der Waals surface area (Å²) in [5.74, 6) is 0.739. The Kier molecular flexibility index (Phi) is 6.10. The number of hydrogen-bond donors (Lipinski definition) is 0. The Bertz CT molecular complexity index is 629. The number of nitrogens with zero attached hydrogens (tertiary/aromatic N) is 1. The molecule has 5 heteroatoms.